The molecule has 2 unspecified atom stereocenters. The van der Waals surface area contributed by atoms with E-state index in [1.807, 2.05) is 17.9 Å². The molecular weight excluding hydrogens is 385 g/mol. The van der Waals surface area contributed by atoms with Gasteiger partial charge in [0.2, 0.25) is 5.91 Å². The number of ether oxygens (including phenoxy) is 1. The Morgan fingerprint density at radius 3 is 2.77 bits per heavy atom. The summed E-state index contributed by atoms with van der Waals surface area (Å²) in [7, 11) is 0. The number of aryl methyl sites for hydroxylation is 1. The van der Waals surface area contributed by atoms with E-state index in [-0.39, 0.29) is 23.6 Å². The van der Waals surface area contributed by atoms with E-state index < -0.39 is 5.82 Å². The third-order valence-electron chi connectivity index (χ3n) is 5.95. The van der Waals surface area contributed by atoms with Gasteiger partial charge in [-0.15, -0.1) is 0 Å². The molecular formula is C22H24FN5O2. The molecule has 0 radical (unpaired) electrons. The normalized spacial score (nSPS) is 21.7. The molecule has 8 heteroatoms. The number of morpholine rings is 1. The van der Waals surface area contributed by atoms with Crippen LogP contribution in [0.3, 0.4) is 0 Å². The second kappa shape index (κ2) is 8.46. The maximum Gasteiger partial charge on any atom is 0.227 e. The number of piperazine rings is 1. The van der Waals surface area contributed by atoms with Crippen LogP contribution in [0.1, 0.15) is 34.2 Å². The van der Waals surface area contributed by atoms with Crippen molar-refractivity contribution in [3.05, 3.63) is 58.4 Å². The molecule has 2 fully saturated rings. The van der Waals surface area contributed by atoms with Gasteiger partial charge in [-0.3, -0.25) is 9.69 Å². The first-order valence-electron chi connectivity index (χ1n) is 10.1. The van der Waals surface area contributed by atoms with Crippen LogP contribution in [0.25, 0.3) is 0 Å². The minimum absolute atomic E-state index is 0.0669. The van der Waals surface area contributed by atoms with E-state index in [1.54, 1.807) is 25.4 Å². The van der Waals surface area contributed by atoms with Crippen molar-refractivity contribution < 1.29 is 13.9 Å². The number of hydrogen-bond donors (Lipinski definition) is 0. The highest BCUT2D eigenvalue weighted by Gasteiger charge is 2.36. The highest BCUT2D eigenvalue weighted by Crippen LogP contribution is 2.31. The molecule has 156 valence electrons. The van der Waals surface area contributed by atoms with E-state index in [2.05, 4.69) is 14.9 Å². The van der Waals surface area contributed by atoms with Gasteiger partial charge in [0.05, 0.1) is 30.7 Å². The van der Waals surface area contributed by atoms with Gasteiger partial charge in [0.25, 0.3) is 0 Å². The highest BCUT2D eigenvalue weighted by atomic mass is 19.1. The monoisotopic (exact) mass is 409 g/mol. The summed E-state index contributed by atoms with van der Waals surface area (Å²) in [5.41, 5.74) is 2.38. The predicted molar refractivity (Wildman–Crippen MR) is 107 cm³/mol. The maximum absolute atomic E-state index is 13.8. The molecule has 2 aliphatic heterocycles. The van der Waals surface area contributed by atoms with Crippen LogP contribution in [-0.2, 0) is 16.0 Å². The van der Waals surface area contributed by atoms with Crippen molar-refractivity contribution in [2.45, 2.75) is 32.4 Å². The van der Waals surface area contributed by atoms with Gasteiger partial charge < -0.3 is 9.64 Å². The van der Waals surface area contributed by atoms with Crippen molar-refractivity contribution in [3.63, 3.8) is 0 Å². The molecule has 0 bridgehead atoms. The molecule has 1 amide bonds. The van der Waals surface area contributed by atoms with Gasteiger partial charge in [-0.25, -0.2) is 14.4 Å². The summed E-state index contributed by atoms with van der Waals surface area (Å²) < 4.78 is 19.9. The van der Waals surface area contributed by atoms with Crippen molar-refractivity contribution in [1.29, 1.82) is 5.26 Å². The molecule has 0 spiro atoms. The summed E-state index contributed by atoms with van der Waals surface area (Å²) >= 11 is 0. The largest absolute Gasteiger partial charge is 0.370 e. The zero-order valence-electron chi connectivity index (χ0n) is 17.1. The van der Waals surface area contributed by atoms with Crippen LogP contribution in [0.5, 0.6) is 0 Å². The van der Waals surface area contributed by atoms with Gasteiger partial charge in [-0.05, 0) is 36.6 Å². The second-order valence-corrected chi connectivity index (χ2v) is 7.87. The molecule has 7 nitrogen and oxygen atoms in total. The number of fused-ring (bicyclic) bond motifs is 1. The summed E-state index contributed by atoms with van der Waals surface area (Å²) in [5, 5.41) is 9.22. The number of hydrogen-bond acceptors (Lipinski definition) is 6. The van der Waals surface area contributed by atoms with Crippen LogP contribution >= 0.6 is 0 Å². The Labute approximate surface area is 175 Å². The first-order chi connectivity index (χ1) is 14.5. The Bertz CT molecular complexity index is 988. The topological polar surface area (TPSA) is 82.4 Å². The molecule has 0 aliphatic carbocycles. The fraction of sp³-hybridized carbons (Fsp3) is 0.455. The summed E-state index contributed by atoms with van der Waals surface area (Å²) in [6.07, 6.45) is 3.49. The molecule has 1 aromatic carbocycles. The second-order valence-electron chi connectivity index (χ2n) is 7.87. The quantitative estimate of drug-likeness (QED) is 0.771. The lowest BCUT2D eigenvalue weighted by Gasteiger charge is -2.46. The average molecular weight is 409 g/mol. The Balaban J connectivity index is 1.39. The fourth-order valence-corrected chi connectivity index (χ4v) is 4.18. The van der Waals surface area contributed by atoms with E-state index in [0.29, 0.717) is 44.0 Å². The lowest BCUT2D eigenvalue weighted by atomic mass is 9.96. The average Bonchev–Trinajstić information content (AvgIpc) is 2.75. The minimum Gasteiger partial charge on any atom is -0.370 e. The zero-order valence-corrected chi connectivity index (χ0v) is 17.1. The summed E-state index contributed by atoms with van der Waals surface area (Å²) in [6.45, 7) is 6.75. The summed E-state index contributed by atoms with van der Waals surface area (Å²) in [4.78, 5) is 25.2. The number of halogens is 1. The van der Waals surface area contributed by atoms with E-state index in [1.165, 1.54) is 6.07 Å². The Morgan fingerprint density at radius 1 is 1.27 bits per heavy atom. The van der Waals surface area contributed by atoms with Crippen molar-refractivity contribution in [2.75, 3.05) is 32.8 Å². The van der Waals surface area contributed by atoms with Gasteiger partial charge in [0, 0.05) is 38.6 Å². The highest BCUT2D eigenvalue weighted by molar-refractivity contribution is 5.78. The number of benzene rings is 1. The van der Waals surface area contributed by atoms with Crippen LogP contribution in [0.15, 0.2) is 24.5 Å². The van der Waals surface area contributed by atoms with Crippen molar-refractivity contribution in [1.82, 2.24) is 19.8 Å². The Hall–Kier alpha value is -2.89. The van der Waals surface area contributed by atoms with Crippen LogP contribution in [0.2, 0.25) is 0 Å². The molecule has 2 aromatic rings. The lowest BCUT2D eigenvalue weighted by Crippen LogP contribution is -2.59. The smallest absolute Gasteiger partial charge is 0.227 e. The lowest BCUT2D eigenvalue weighted by molar-refractivity contribution is -0.139. The summed E-state index contributed by atoms with van der Waals surface area (Å²) in [6, 6.07) is 5.12. The molecule has 0 saturated carbocycles. The van der Waals surface area contributed by atoms with E-state index in [9.17, 15) is 14.4 Å². The van der Waals surface area contributed by atoms with E-state index >= 15 is 0 Å². The van der Waals surface area contributed by atoms with Crippen LogP contribution in [-0.4, -0.2) is 64.5 Å². The molecule has 3 heterocycles. The molecule has 1 aromatic heterocycles. The van der Waals surface area contributed by atoms with Gasteiger partial charge in [0.15, 0.2) is 0 Å². The fourth-order valence-electron chi connectivity index (χ4n) is 4.18. The molecule has 4 rings (SSSR count). The first-order valence-corrected chi connectivity index (χ1v) is 10.1. The van der Waals surface area contributed by atoms with Crippen molar-refractivity contribution in [3.8, 4) is 6.07 Å². The van der Waals surface area contributed by atoms with Gasteiger partial charge in [-0.1, -0.05) is 6.07 Å². The van der Waals surface area contributed by atoms with Crippen LogP contribution in [0, 0.1) is 31.0 Å². The number of rotatable bonds is 3. The van der Waals surface area contributed by atoms with E-state index in [4.69, 9.17) is 4.74 Å². The summed E-state index contributed by atoms with van der Waals surface area (Å²) in [5.74, 6) is 0.253. The third kappa shape index (κ3) is 4.04. The number of carbonyl (C=O) groups excluding carboxylic acids is 1. The zero-order chi connectivity index (χ0) is 21.3. The van der Waals surface area contributed by atoms with E-state index in [0.717, 1.165) is 17.7 Å². The maximum atomic E-state index is 13.8. The molecule has 30 heavy (non-hydrogen) atoms. The van der Waals surface area contributed by atoms with Gasteiger partial charge >= 0.3 is 0 Å². The van der Waals surface area contributed by atoms with Gasteiger partial charge in [-0.2, -0.15) is 5.26 Å². The number of nitrogens with zero attached hydrogens (tertiary/aromatic N) is 5. The number of carbonyl (C=O) groups is 1. The number of nitriles is 1. The van der Waals surface area contributed by atoms with Gasteiger partial charge in [0.1, 0.15) is 17.7 Å². The minimum atomic E-state index is -0.501. The predicted octanol–water partition coefficient (Wildman–Crippen LogP) is 1.93. The molecule has 2 saturated heterocycles. The molecule has 0 N–H and O–H groups in total. The Kier molecular flexibility index (Phi) is 5.75. The molecule has 2 aliphatic rings. The van der Waals surface area contributed by atoms with Crippen molar-refractivity contribution >= 4 is 5.91 Å². The van der Waals surface area contributed by atoms with Crippen LogP contribution < -0.4 is 0 Å². The number of aromatic nitrogens is 2. The first kappa shape index (κ1) is 20.4. The SMILES string of the molecule is Cc1ncc(CC(=O)N2CCN3CC(c4ccc(F)c(C#N)c4C)OCC3C2)cn1. The van der Waals surface area contributed by atoms with Crippen LogP contribution in [0.4, 0.5) is 4.39 Å². The van der Waals surface area contributed by atoms with Crippen molar-refractivity contribution in [2.24, 2.45) is 0 Å². The molecule has 2 atom stereocenters. The number of amides is 1. The standard InChI is InChI=1S/C22H24FN5O2/c1-14-18(3-4-20(23)19(14)8-24)21-12-27-5-6-28(11-17(27)13-30-21)22(29)7-16-9-25-15(2)26-10-16/h3-4,9-10,17,21H,5-7,11-13H2,1-2H3. The third-order valence-corrected chi connectivity index (χ3v) is 5.95. The Morgan fingerprint density at radius 2 is 2.03 bits per heavy atom.